The number of carbonyl (C=O) groups is 2. The van der Waals surface area contributed by atoms with Crippen molar-refractivity contribution in [2.24, 2.45) is 0 Å². The van der Waals surface area contributed by atoms with Crippen molar-refractivity contribution in [1.82, 2.24) is 4.90 Å². The molecule has 1 heterocycles. The molecule has 0 N–H and O–H groups in total. The number of cyclic esters (lactones) is 1. The van der Waals surface area contributed by atoms with Crippen molar-refractivity contribution in [1.29, 1.82) is 0 Å². The number of benzene rings is 2. The highest BCUT2D eigenvalue weighted by molar-refractivity contribution is 5.97. The molecule has 4 nitrogen and oxygen atoms in total. The quantitative estimate of drug-likeness (QED) is 0.803. The minimum absolute atomic E-state index is 0.0558. The molecule has 130 valence electrons. The van der Waals surface area contributed by atoms with E-state index in [0.717, 1.165) is 17.7 Å². The lowest BCUT2D eigenvalue weighted by Crippen LogP contribution is -2.52. The van der Waals surface area contributed by atoms with Gasteiger partial charge in [-0.15, -0.1) is 0 Å². The Morgan fingerprint density at radius 1 is 1.24 bits per heavy atom. The summed E-state index contributed by atoms with van der Waals surface area (Å²) in [6.07, 6.45) is 0.240. The summed E-state index contributed by atoms with van der Waals surface area (Å²) >= 11 is 0. The lowest BCUT2D eigenvalue weighted by molar-refractivity contribution is -0.150. The van der Waals surface area contributed by atoms with Gasteiger partial charge in [0.25, 0.3) is 5.91 Å². The van der Waals surface area contributed by atoms with Crippen LogP contribution in [-0.4, -0.2) is 29.4 Å². The standard InChI is InChI=1S/C19H17F2NO3/c1-19(10-12-5-3-4-6-15(12)17(23)25-19)18(24)22(2)11-13-7-8-14(20)9-16(13)21/h3-9H,10-11H2,1-2H3. The first-order valence-electron chi connectivity index (χ1n) is 7.81. The number of carbonyl (C=O) groups excluding carboxylic acids is 2. The van der Waals surface area contributed by atoms with E-state index in [1.165, 1.54) is 18.0 Å². The second-order valence-electron chi connectivity index (χ2n) is 6.35. The lowest BCUT2D eigenvalue weighted by atomic mass is 9.89. The Bertz CT molecular complexity index is 852. The van der Waals surface area contributed by atoms with Crippen molar-refractivity contribution < 1.29 is 23.1 Å². The number of hydrogen-bond acceptors (Lipinski definition) is 3. The molecule has 6 heteroatoms. The summed E-state index contributed by atoms with van der Waals surface area (Å²) in [5.74, 6) is -2.41. The fourth-order valence-electron chi connectivity index (χ4n) is 3.03. The Morgan fingerprint density at radius 2 is 1.96 bits per heavy atom. The van der Waals surface area contributed by atoms with Crippen LogP contribution in [0.15, 0.2) is 42.5 Å². The Hall–Kier alpha value is -2.76. The van der Waals surface area contributed by atoms with Crippen LogP contribution < -0.4 is 0 Å². The minimum Gasteiger partial charge on any atom is -0.445 e. The maximum Gasteiger partial charge on any atom is 0.339 e. The van der Waals surface area contributed by atoms with Crippen LogP contribution >= 0.6 is 0 Å². The molecular formula is C19H17F2NO3. The van der Waals surface area contributed by atoms with Gasteiger partial charge in [-0.05, 0) is 24.6 Å². The Morgan fingerprint density at radius 3 is 2.68 bits per heavy atom. The van der Waals surface area contributed by atoms with Gasteiger partial charge in [0, 0.05) is 31.6 Å². The summed E-state index contributed by atoms with van der Waals surface area (Å²) in [6.45, 7) is 1.49. The van der Waals surface area contributed by atoms with Crippen molar-refractivity contribution in [3.63, 3.8) is 0 Å². The predicted octanol–water partition coefficient (Wildman–Crippen LogP) is 3.10. The average Bonchev–Trinajstić information content (AvgIpc) is 2.56. The van der Waals surface area contributed by atoms with Gasteiger partial charge in [0.05, 0.1) is 5.56 Å². The molecule has 0 aromatic heterocycles. The van der Waals surface area contributed by atoms with Gasteiger partial charge in [-0.2, -0.15) is 0 Å². The fraction of sp³-hybridized carbons (Fsp3) is 0.263. The first kappa shape index (κ1) is 17.1. The zero-order chi connectivity index (χ0) is 18.2. The van der Waals surface area contributed by atoms with Crippen LogP contribution in [0.4, 0.5) is 8.78 Å². The molecule has 0 bridgehead atoms. The van der Waals surface area contributed by atoms with Crippen molar-refractivity contribution in [2.75, 3.05) is 7.05 Å². The van der Waals surface area contributed by atoms with Gasteiger partial charge in [-0.3, -0.25) is 4.79 Å². The van der Waals surface area contributed by atoms with Crippen LogP contribution in [0.3, 0.4) is 0 Å². The van der Waals surface area contributed by atoms with Gasteiger partial charge >= 0.3 is 5.97 Å². The number of amides is 1. The van der Waals surface area contributed by atoms with Gasteiger partial charge < -0.3 is 9.64 Å². The third kappa shape index (κ3) is 3.24. The van der Waals surface area contributed by atoms with Crippen molar-refractivity contribution in [3.05, 3.63) is 70.8 Å². The minimum atomic E-state index is -1.36. The average molecular weight is 345 g/mol. The molecule has 0 saturated heterocycles. The van der Waals surface area contributed by atoms with Gasteiger partial charge in [0.15, 0.2) is 5.60 Å². The van der Waals surface area contributed by atoms with E-state index in [2.05, 4.69) is 0 Å². The second kappa shape index (κ2) is 6.27. The molecule has 2 aromatic rings. The zero-order valence-electron chi connectivity index (χ0n) is 13.9. The van der Waals surface area contributed by atoms with E-state index in [1.54, 1.807) is 31.2 Å². The van der Waals surface area contributed by atoms with E-state index < -0.39 is 29.1 Å². The molecule has 0 spiro atoms. The predicted molar refractivity (Wildman–Crippen MR) is 86.8 cm³/mol. The second-order valence-corrected chi connectivity index (χ2v) is 6.35. The van der Waals surface area contributed by atoms with E-state index in [-0.39, 0.29) is 18.5 Å². The maximum atomic E-state index is 13.8. The summed E-state index contributed by atoms with van der Waals surface area (Å²) in [5.41, 5.74) is -0.00388. The van der Waals surface area contributed by atoms with E-state index in [0.29, 0.717) is 5.56 Å². The van der Waals surface area contributed by atoms with Crippen LogP contribution in [0.2, 0.25) is 0 Å². The third-order valence-electron chi connectivity index (χ3n) is 4.30. The van der Waals surface area contributed by atoms with Crippen molar-refractivity contribution >= 4 is 11.9 Å². The van der Waals surface area contributed by atoms with Crippen LogP contribution in [-0.2, 0) is 22.5 Å². The molecule has 1 unspecified atom stereocenters. The number of hydrogen-bond donors (Lipinski definition) is 0. The molecule has 3 rings (SSSR count). The number of likely N-dealkylation sites (N-methyl/N-ethyl adjacent to an activating group) is 1. The van der Waals surface area contributed by atoms with Crippen LogP contribution in [0.5, 0.6) is 0 Å². The molecule has 2 aromatic carbocycles. The lowest BCUT2D eigenvalue weighted by Gasteiger charge is -2.36. The maximum absolute atomic E-state index is 13.8. The fourth-order valence-corrected chi connectivity index (χ4v) is 3.03. The van der Waals surface area contributed by atoms with Gasteiger partial charge in [0.1, 0.15) is 11.6 Å². The van der Waals surface area contributed by atoms with Crippen molar-refractivity contribution in [3.8, 4) is 0 Å². The number of rotatable bonds is 3. The number of halogens is 2. The largest absolute Gasteiger partial charge is 0.445 e. The molecule has 0 saturated carbocycles. The Kier molecular flexibility index (Phi) is 4.29. The van der Waals surface area contributed by atoms with E-state index in [9.17, 15) is 18.4 Å². The van der Waals surface area contributed by atoms with E-state index in [4.69, 9.17) is 4.74 Å². The van der Waals surface area contributed by atoms with Gasteiger partial charge in [-0.1, -0.05) is 24.3 Å². The monoisotopic (exact) mass is 345 g/mol. The topological polar surface area (TPSA) is 46.6 Å². The highest BCUT2D eigenvalue weighted by Crippen LogP contribution is 2.30. The molecule has 1 aliphatic heterocycles. The smallest absolute Gasteiger partial charge is 0.339 e. The highest BCUT2D eigenvalue weighted by atomic mass is 19.1. The molecule has 0 radical (unpaired) electrons. The first-order chi connectivity index (χ1) is 11.8. The highest BCUT2D eigenvalue weighted by Gasteiger charge is 2.44. The van der Waals surface area contributed by atoms with Crippen molar-refractivity contribution in [2.45, 2.75) is 25.5 Å². The number of nitrogens with zero attached hydrogens (tertiary/aromatic N) is 1. The number of ether oxygens (including phenoxy) is 1. The zero-order valence-corrected chi connectivity index (χ0v) is 13.9. The summed E-state index contributed by atoms with van der Waals surface area (Å²) in [4.78, 5) is 26.3. The normalized spacial score (nSPS) is 19.1. The summed E-state index contributed by atoms with van der Waals surface area (Å²) in [6, 6.07) is 10.1. The molecule has 1 amide bonds. The Balaban J connectivity index is 1.81. The SMILES string of the molecule is CN(Cc1ccc(F)cc1F)C(=O)C1(C)Cc2ccccc2C(=O)O1. The number of esters is 1. The van der Waals surface area contributed by atoms with Crippen LogP contribution in [0.1, 0.15) is 28.4 Å². The van der Waals surface area contributed by atoms with Crippen LogP contribution in [0, 0.1) is 11.6 Å². The summed E-state index contributed by atoms with van der Waals surface area (Å²) < 4.78 is 32.2. The molecule has 0 fully saturated rings. The van der Waals surface area contributed by atoms with Gasteiger partial charge in [0.2, 0.25) is 0 Å². The summed E-state index contributed by atoms with van der Waals surface area (Å²) in [5, 5.41) is 0. The van der Waals surface area contributed by atoms with Crippen LogP contribution in [0.25, 0.3) is 0 Å². The third-order valence-corrected chi connectivity index (χ3v) is 4.30. The molecular weight excluding hydrogens is 328 g/mol. The molecule has 25 heavy (non-hydrogen) atoms. The molecule has 0 aliphatic carbocycles. The first-order valence-corrected chi connectivity index (χ1v) is 7.81. The summed E-state index contributed by atoms with van der Waals surface area (Å²) in [7, 11) is 1.49. The van der Waals surface area contributed by atoms with Gasteiger partial charge in [-0.25, -0.2) is 13.6 Å². The molecule has 1 aliphatic rings. The Labute approximate surface area is 144 Å². The van der Waals surface area contributed by atoms with E-state index in [1.807, 2.05) is 0 Å². The molecule has 1 atom stereocenters. The number of fused-ring (bicyclic) bond motifs is 1. The van der Waals surface area contributed by atoms with E-state index >= 15 is 0 Å².